The normalized spacial score (nSPS) is 15.7. The molecule has 2 amide bonds. The van der Waals surface area contributed by atoms with E-state index in [1.807, 2.05) is 13.8 Å². The van der Waals surface area contributed by atoms with Crippen LogP contribution in [-0.2, 0) is 4.79 Å². The molecule has 0 spiro atoms. The number of amides is 2. The van der Waals surface area contributed by atoms with Gasteiger partial charge in [0.2, 0.25) is 11.8 Å². The van der Waals surface area contributed by atoms with Gasteiger partial charge in [0.05, 0.1) is 23.4 Å². The SMILES string of the molecule is CC(C)Oc1cc2c(OC[C@@H]3CCC(=O)N3)ncc(-c3ccnc(=O)[nH]3)c2cc1C(N)=O. The van der Waals surface area contributed by atoms with Crippen LogP contribution >= 0.6 is 0 Å². The molecule has 3 heterocycles. The van der Waals surface area contributed by atoms with E-state index in [9.17, 15) is 14.4 Å². The van der Waals surface area contributed by atoms with Crippen molar-refractivity contribution in [1.82, 2.24) is 20.3 Å². The summed E-state index contributed by atoms with van der Waals surface area (Å²) in [5.74, 6) is -0.0380. The van der Waals surface area contributed by atoms with E-state index in [4.69, 9.17) is 15.2 Å². The fourth-order valence-electron chi connectivity index (χ4n) is 3.62. The fraction of sp³-hybridized carbons (Fsp3) is 0.318. The minimum Gasteiger partial charge on any atom is -0.490 e. The van der Waals surface area contributed by atoms with Gasteiger partial charge in [0.1, 0.15) is 12.4 Å². The van der Waals surface area contributed by atoms with Gasteiger partial charge in [0, 0.05) is 29.8 Å². The molecule has 0 saturated carbocycles. The van der Waals surface area contributed by atoms with Crippen LogP contribution in [0.5, 0.6) is 11.6 Å². The second kappa shape index (κ2) is 8.66. The van der Waals surface area contributed by atoms with Crippen LogP contribution in [0.15, 0.2) is 35.4 Å². The Labute approximate surface area is 183 Å². The molecule has 32 heavy (non-hydrogen) atoms. The minimum atomic E-state index is -0.648. The van der Waals surface area contributed by atoms with E-state index in [0.29, 0.717) is 46.5 Å². The van der Waals surface area contributed by atoms with Gasteiger partial charge in [-0.2, -0.15) is 0 Å². The number of benzene rings is 1. The summed E-state index contributed by atoms with van der Waals surface area (Å²) in [6, 6.07) is 4.80. The summed E-state index contributed by atoms with van der Waals surface area (Å²) in [5.41, 5.74) is 6.35. The Hall–Kier alpha value is -3.95. The van der Waals surface area contributed by atoms with E-state index < -0.39 is 11.6 Å². The minimum absolute atomic E-state index is 0.00729. The lowest BCUT2D eigenvalue weighted by molar-refractivity contribution is -0.119. The molecule has 0 radical (unpaired) electrons. The molecular weight excluding hydrogens is 414 g/mol. The number of nitrogens with zero attached hydrogens (tertiary/aromatic N) is 2. The molecule has 4 rings (SSSR count). The molecule has 0 bridgehead atoms. The van der Waals surface area contributed by atoms with E-state index in [0.717, 1.165) is 0 Å². The molecule has 1 atom stereocenters. The number of ether oxygens (including phenoxy) is 2. The Kier molecular flexibility index (Phi) is 5.76. The topological polar surface area (TPSA) is 149 Å². The molecule has 4 N–H and O–H groups in total. The number of carbonyl (C=O) groups is 2. The molecule has 2 aromatic heterocycles. The average Bonchev–Trinajstić information content (AvgIpc) is 3.16. The van der Waals surface area contributed by atoms with Crippen LogP contribution in [0, 0.1) is 0 Å². The summed E-state index contributed by atoms with van der Waals surface area (Å²) in [6.45, 7) is 3.92. The first-order valence-electron chi connectivity index (χ1n) is 10.2. The van der Waals surface area contributed by atoms with Gasteiger partial charge < -0.3 is 25.5 Å². The number of rotatable bonds is 7. The molecule has 166 valence electrons. The quantitative estimate of drug-likeness (QED) is 0.507. The Morgan fingerprint density at radius 2 is 2.06 bits per heavy atom. The third kappa shape index (κ3) is 4.39. The van der Waals surface area contributed by atoms with Gasteiger partial charge in [0.15, 0.2) is 0 Å². The van der Waals surface area contributed by atoms with Crippen LogP contribution in [0.2, 0.25) is 0 Å². The molecule has 1 aromatic carbocycles. The highest BCUT2D eigenvalue weighted by molar-refractivity contribution is 6.06. The second-order valence-electron chi connectivity index (χ2n) is 7.80. The second-order valence-corrected chi connectivity index (χ2v) is 7.80. The first-order valence-corrected chi connectivity index (χ1v) is 10.2. The number of hydrogen-bond acceptors (Lipinski definition) is 7. The van der Waals surface area contributed by atoms with Crippen LogP contribution in [0.25, 0.3) is 22.0 Å². The molecule has 0 unspecified atom stereocenters. The first kappa shape index (κ1) is 21.3. The smallest absolute Gasteiger partial charge is 0.345 e. The van der Waals surface area contributed by atoms with Crippen molar-refractivity contribution >= 4 is 22.6 Å². The molecule has 10 heteroatoms. The van der Waals surface area contributed by atoms with Crippen molar-refractivity contribution in [2.75, 3.05) is 6.61 Å². The van der Waals surface area contributed by atoms with Crippen LogP contribution < -0.4 is 26.2 Å². The third-order valence-corrected chi connectivity index (χ3v) is 5.05. The van der Waals surface area contributed by atoms with Gasteiger partial charge in [-0.1, -0.05) is 0 Å². The summed E-state index contributed by atoms with van der Waals surface area (Å²) in [6.07, 6.45) is 3.88. The molecule has 1 fully saturated rings. The lowest BCUT2D eigenvalue weighted by Gasteiger charge is -2.18. The number of pyridine rings is 1. The number of primary amides is 1. The Balaban J connectivity index is 1.86. The van der Waals surface area contributed by atoms with Crippen molar-refractivity contribution in [1.29, 1.82) is 0 Å². The predicted octanol–water partition coefficient (Wildman–Crippen LogP) is 1.53. The largest absolute Gasteiger partial charge is 0.490 e. The maximum atomic E-state index is 12.2. The van der Waals surface area contributed by atoms with E-state index >= 15 is 0 Å². The standard InChI is InChI=1S/C22H23N5O5/c1-11(2)32-18-8-14-13(7-15(18)20(23)29)16(17-5-6-24-22(30)27-17)9-25-21(14)31-10-12-3-4-19(28)26-12/h5-9,11-12H,3-4,10H2,1-2H3,(H2,23,29)(H,26,28)(H,24,27,30)/t12-/m0/s1. The van der Waals surface area contributed by atoms with Crippen molar-refractivity contribution in [3.05, 3.63) is 46.6 Å². The lowest BCUT2D eigenvalue weighted by atomic mass is 10.0. The zero-order valence-electron chi connectivity index (χ0n) is 17.7. The summed E-state index contributed by atoms with van der Waals surface area (Å²) in [7, 11) is 0. The van der Waals surface area contributed by atoms with Gasteiger partial charge in [-0.05, 0) is 43.9 Å². The number of hydrogen-bond donors (Lipinski definition) is 3. The molecule has 3 aromatic rings. The van der Waals surface area contributed by atoms with E-state index in [-0.39, 0.29) is 30.2 Å². The molecule has 0 aliphatic carbocycles. The van der Waals surface area contributed by atoms with Crippen LogP contribution in [0.3, 0.4) is 0 Å². The molecule has 1 saturated heterocycles. The number of nitrogens with two attached hydrogens (primary N) is 1. The van der Waals surface area contributed by atoms with Gasteiger partial charge in [-0.25, -0.2) is 14.8 Å². The number of carbonyl (C=O) groups excluding carboxylic acids is 2. The highest BCUT2D eigenvalue weighted by Crippen LogP contribution is 2.36. The van der Waals surface area contributed by atoms with Crippen molar-refractivity contribution < 1.29 is 19.1 Å². The number of nitrogens with one attached hydrogen (secondary N) is 2. The lowest BCUT2D eigenvalue weighted by Crippen LogP contribution is -2.31. The van der Waals surface area contributed by atoms with Gasteiger partial charge in [-0.15, -0.1) is 0 Å². The van der Waals surface area contributed by atoms with Crippen molar-refractivity contribution in [2.45, 2.75) is 38.8 Å². The van der Waals surface area contributed by atoms with Gasteiger partial charge >= 0.3 is 5.69 Å². The third-order valence-electron chi connectivity index (χ3n) is 5.05. The Bertz CT molecular complexity index is 1250. The molecular formula is C22H23N5O5. The van der Waals surface area contributed by atoms with Gasteiger partial charge in [0.25, 0.3) is 5.91 Å². The van der Waals surface area contributed by atoms with Crippen molar-refractivity contribution in [3.8, 4) is 22.9 Å². The number of fused-ring (bicyclic) bond motifs is 1. The summed E-state index contributed by atoms with van der Waals surface area (Å²) in [5, 5.41) is 4.02. The summed E-state index contributed by atoms with van der Waals surface area (Å²) < 4.78 is 11.8. The predicted molar refractivity (Wildman–Crippen MR) is 117 cm³/mol. The van der Waals surface area contributed by atoms with Crippen molar-refractivity contribution in [3.63, 3.8) is 0 Å². The zero-order chi connectivity index (χ0) is 22.8. The highest BCUT2D eigenvalue weighted by atomic mass is 16.5. The Morgan fingerprint density at radius 1 is 1.25 bits per heavy atom. The number of aromatic nitrogens is 3. The Morgan fingerprint density at radius 3 is 2.72 bits per heavy atom. The van der Waals surface area contributed by atoms with Gasteiger partial charge in [-0.3, -0.25) is 9.59 Å². The maximum absolute atomic E-state index is 12.2. The zero-order valence-corrected chi connectivity index (χ0v) is 17.7. The average molecular weight is 437 g/mol. The molecule has 10 nitrogen and oxygen atoms in total. The van der Waals surface area contributed by atoms with Crippen molar-refractivity contribution in [2.24, 2.45) is 5.73 Å². The first-order chi connectivity index (χ1) is 15.3. The monoisotopic (exact) mass is 437 g/mol. The highest BCUT2D eigenvalue weighted by Gasteiger charge is 2.23. The van der Waals surface area contributed by atoms with Crippen LogP contribution in [-0.4, -0.2) is 45.5 Å². The number of H-pyrrole nitrogens is 1. The molecule has 1 aliphatic heterocycles. The summed E-state index contributed by atoms with van der Waals surface area (Å²) >= 11 is 0. The maximum Gasteiger partial charge on any atom is 0.345 e. The van der Waals surface area contributed by atoms with Crippen LogP contribution in [0.1, 0.15) is 37.0 Å². The van der Waals surface area contributed by atoms with E-state index in [2.05, 4.69) is 20.3 Å². The summed E-state index contributed by atoms with van der Waals surface area (Å²) in [4.78, 5) is 46.1. The van der Waals surface area contributed by atoms with E-state index in [1.54, 1.807) is 24.4 Å². The fourth-order valence-corrected chi connectivity index (χ4v) is 3.62. The van der Waals surface area contributed by atoms with Crippen LogP contribution in [0.4, 0.5) is 0 Å². The molecule has 1 aliphatic rings. The van der Waals surface area contributed by atoms with E-state index in [1.165, 1.54) is 6.20 Å². The number of aromatic amines is 1.